The van der Waals surface area contributed by atoms with E-state index in [4.69, 9.17) is 10.5 Å². The van der Waals surface area contributed by atoms with Gasteiger partial charge in [0.05, 0.1) is 12.8 Å². The third kappa shape index (κ3) is 3.49. The average Bonchev–Trinajstić information content (AvgIpc) is 2.50. The fourth-order valence-electron chi connectivity index (χ4n) is 3.31. The maximum atomic E-state index is 12.1. The number of nitrogens with two attached hydrogens (primary N) is 1. The number of nitrogens with one attached hydrogen (secondary N) is 1. The minimum Gasteiger partial charge on any atom is -0.495 e. The molecule has 0 radical (unpaired) electrons. The molecule has 116 valence electrons. The third-order valence-corrected chi connectivity index (χ3v) is 4.61. The minimum atomic E-state index is -0.640. The van der Waals surface area contributed by atoms with Gasteiger partial charge in [-0.2, -0.15) is 0 Å². The Morgan fingerprint density at radius 1 is 1.38 bits per heavy atom. The lowest BCUT2D eigenvalue weighted by atomic mass is 9.74. The van der Waals surface area contributed by atoms with Crippen LogP contribution in [0, 0.1) is 5.92 Å². The van der Waals surface area contributed by atoms with Gasteiger partial charge in [-0.1, -0.05) is 31.9 Å². The summed E-state index contributed by atoms with van der Waals surface area (Å²) >= 11 is 0. The van der Waals surface area contributed by atoms with Gasteiger partial charge in [0.25, 0.3) is 0 Å². The molecule has 1 aliphatic carbocycles. The standard InChI is InChI=1S/C17H26N2O2/c1-3-6-13-9-11-17(12-10-13,16(18)20)19-14-7-4-5-8-15(14)21-2/h4-5,7-8,13,19H,3,6,9-12H2,1-2H3,(H2,18,20). The van der Waals surface area contributed by atoms with Gasteiger partial charge in [0.2, 0.25) is 5.91 Å². The molecule has 0 bridgehead atoms. The molecular weight excluding hydrogens is 264 g/mol. The van der Waals surface area contributed by atoms with Crippen LogP contribution in [0.4, 0.5) is 5.69 Å². The van der Waals surface area contributed by atoms with Crippen molar-refractivity contribution in [3.05, 3.63) is 24.3 Å². The molecule has 1 saturated carbocycles. The maximum Gasteiger partial charge on any atom is 0.243 e. The number of carbonyl (C=O) groups is 1. The number of benzene rings is 1. The van der Waals surface area contributed by atoms with E-state index in [2.05, 4.69) is 12.2 Å². The first-order valence-electron chi connectivity index (χ1n) is 7.82. The van der Waals surface area contributed by atoms with Crippen LogP contribution in [0.3, 0.4) is 0 Å². The van der Waals surface area contributed by atoms with Gasteiger partial charge < -0.3 is 15.8 Å². The van der Waals surface area contributed by atoms with E-state index in [0.717, 1.165) is 43.0 Å². The minimum absolute atomic E-state index is 0.261. The lowest BCUT2D eigenvalue weighted by Gasteiger charge is -2.39. The Labute approximate surface area is 127 Å². The first kappa shape index (κ1) is 15.7. The van der Waals surface area contributed by atoms with Crippen molar-refractivity contribution < 1.29 is 9.53 Å². The molecule has 4 nitrogen and oxygen atoms in total. The van der Waals surface area contributed by atoms with Crippen molar-refractivity contribution in [2.24, 2.45) is 11.7 Å². The van der Waals surface area contributed by atoms with Gasteiger partial charge in [-0.25, -0.2) is 0 Å². The van der Waals surface area contributed by atoms with Gasteiger partial charge >= 0.3 is 0 Å². The summed E-state index contributed by atoms with van der Waals surface area (Å²) in [5.41, 5.74) is 5.92. The van der Waals surface area contributed by atoms with Crippen molar-refractivity contribution in [3.63, 3.8) is 0 Å². The largest absolute Gasteiger partial charge is 0.495 e. The molecule has 4 heteroatoms. The van der Waals surface area contributed by atoms with Gasteiger partial charge in [0.1, 0.15) is 11.3 Å². The Hall–Kier alpha value is -1.71. The highest BCUT2D eigenvalue weighted by molar-refractivity contribution is 5.88. The first-order valence-corrected chi connectivity index (χ1v) is 7.82. The van der Waals surface area contributed by atoms with Crippen molar-refractivity contribution >= 4 is 11.6 Å². The number of ether oxygens (including phenoxy) is 1. The lowest BCUT2D eigenvalue weighted by Crippen LogP contribution is -2.52. The highest BCUT2D eigenvalue weighted by atomic mass is 16.5. The van der Waals surface area contributed by atoms with Crippen LogP contribution in [-0.2, 0) is 4.79 Å². The zero-order valence-corrected chi connectivity index (χ0v) is 13.0. The van der Waals surface area contributed by atoms with Crippen molar-refractivity contribution in [3.8, 4) is 5.75 Å². The molecule has 0 atom stereocenters. The van der Waals surface area contributed by atoms with Gasteiger partial charge in [-0.15, -0.1) is 0 Å². The molecular formula is C17H26N2O2. The highest BCUT2D eigenvalue weighted by Crippen LogP contribution is 2.38. The van der Waals surface area contributed by atoms with E-state index in [0.29, 0.717) is 0 Å². The molecule has 1 aromatic rings. The number of carbonyl (C=O) groups excluding carboxylic acids is 1. The highest BCUT2D eigenvalue weighted by Gasteiger charge is 2.40. The van der Waals surface area contributed by atoms with E-state index in [1.165, 1.54) is 12.8 Å². The van der Waals surface area contributed by atoms with Crippen LogP contribution in [0.15, 0.2) is 24.3 Å². The van der Waals surface area contributed by atoms with Crippen molar-refractivity contribution in [1.82, 2.24) is 0 Å². The summed E-state index contributed by atoms with van der Waals surface area (Å²) in [5.74, 6) is 1.21. The van der Waals surface area contributed by atoms with Gasteiger partial charge in [0.15, 0.2) is 0 Å². The Morgan fingerprint density at radius 2 is 2.05 bits per heavy atom. The van der Waals surface area contributed by atoms with Crippen LogP contribution in [0.25, 0.3) is 0 Å². The fourth-order valence-corrected chi connectivity index (χ4v) is 3.31. The van der Waals surface area contributed by atoms with Crippen LogP contribution >= 0.6 is 0 Å². The van der Waals surface area contributed by atoms with Gasteiger partial charge in [0, 0.05) is 0 Å². The van der Waals surface area contributed by atoms with E-state index >= 15 is 0 Å². The normalized spacial score (nSPS) is 25.3. The topological polar surface area (TPSA) is 64.3 Å². The molecule has 1 fully saturated rings. The van der Waals surface area contributed by atoms with E-state index in [1.54, 1.807) is 7.11 Å². The van der Waals surface area contributed by atoms with Crippen LogP contribution < -0.4 is 15.8 Å². The van der Waals surface area contributed by atoms with E-state index < -0.39 is 5.54 Å². The molecule has 0 aliphatic heterocycles. The molecule has 0 unspecified atom stereocenters. The summed E-state index contributed by atoms with van der Waals surface area (Å²) < 4.78 is 5.36. The monoisotopic (exact) mass is 290 g/mol. The molecule has 1 aliphatic rings. The van der Waals surface area contributed by atoms with Gasteiger partial charge in [-0.05, 0) is 43.7 Å². The second-order valence-electron chi connectivity index (χ2n) is 6.00. The lowest BCUT2D eigenvalue weighted by molar-refractivity contribution is -0.123. The summed E-state index contributed by atoms with van der Waals surface area (Å²) in [5, 5.41) is 3.38. The summed E-state index contributed by atoms with van der Waals surface area (Å²) in [4.78, 5) is 12.1. The first-order chi connectivity index (χ1) is 10.1. The van der Waals surface area contributed by atoms with Crippen molar-refractivity contribution in [1.29, 1.82) is 0 Å². The number of anilines is 1. The fraction of sp³-hybridized carbons (Fsp3) is 0.588. The zero-order chi connectivity index (χ0) is 15.3. The maximum absolute atomic E-state index is 12.1. The van der Waals surface area contributed by atoms with Crippen molar-refractivity contribution in [2.45, 2.75) is 51.0 Å². The molecule has 0 spiro atoms. The van der Waals surface area contributed by atoms with E-state index in [1.807, 2.05) is 24.3 Å². The Morgan fingerprint density at radius 3 is 2.62 bits per heavy atom. The number of amides is 1. The zero-order valence-electron chi connectivity index (χ0n) is 13.0. The van der Waals surface area contributed by atoms with Crippen LogP contribution in [-0.4, -0.2) is 18.6 Å². The molecule has 2 rings (SSSR count). The van der Waals surface area contributed by atoms with Crippen molar-refractivity contribution in [2.75, 3.05) is 12.4 Å². The summed E-state index contributed by atoms with van der Waals surface area (Å²) in [7, 11) is 1.63. The number of hydrogen-bond donors (Lipinski definition) is 2. The predicted molar refractivity (Wildman–Crippen MR) is 85.4 cm³/mol. The van der Waals surface area contributed by atoms with Gasteiger partial charge in [-0.3, -0.25) is 4.79 Å². The molecule has 0 saturated heterocycles. The average molecular weight is 290 g/mol. The number of para-hydroxylation sites is 2. The van der Waals surface area contributed by atoms with E-state index in [9.17, 15) is 4.79 Å². The SMILES string of the molecule is CCCC1CCC(Nc2ccccc2OC)(C(N)=O)CC1. The molecule has 21 heavy (non-hydrogen) atoms. The Balaban J connectivity index is 2.15. The van der Waals surface area contributed by atoms with Crippen LogP contribution in [0.5, 0.6) is 5.75 Å². The number of primary amides is 1. The molecule has 1 aromatic carbocycles. The van der Waals surface area contributed by atoms with Crippen LogP contribution in [0.2, 0.25) is 0 Å². The third-order valence-electron chi connectivity index (χ3n) is 4.61. The Kier molecular flexibility index (Phi) is 5.10. The second-order valence-corrected chi connectivity index (χ2v) is 6.00. The second kappa shape index (κ2) is 6.83. The molecule has 0 heterocycles. The quantitative estimate of drug-likeness (QED) is 0.844. The molecule has 0 aromatic heterocycles. The summed E-state index contributed by atoms with van der Waals surface area (Å²) in [6, 6.07) is 7.67. The smallest absolute Gasteiger partial charge is 0.243 e. The Bertz CT molecular complexity index is 479. The number of hydrogen-bond acceptors (Lipinski definition) is 3. The van der Waals surface area contributed by atoms with E-state index in [-0.39, 0.29) is 5.91 Å². The number of methoxy groups -OCH3 is 1. The number of rotatable bonds is 6. The summed E-state index contributed by atoms with van der Waals surface area (Å²) in [6.45, 7) is 2.21. The predicted octanol–water partition coefficient (Wildman–Crippen LogP) is 3.32. The molecule has 1 amide bonds. The molecule has 3 N–H and O–H groups in total. The van der Waals surface area contributed by atoms with Crippen LogP contribution in [0.1, 0.15) is 45.4 Å². The summed E-state index contributed by atoms with van der Waals surface area (Å²) in [6.07, 6.45) is 6.14.